The maximum atomic E-state index is 14.5. The number of aryl methyl sites for hydroxylation is 1. The minimum Gasteiger partial charge on any atom is -0.387 e. The molecule has 3 saturated heterocycles. The lowest BCUT2D eigenvalue weighted by atomic mass is 9.99. The number of methoxy groups -OCH3 is 1. The Kier molecular flexibility index (Phi) is 16.5. The molecule has 0 spiro atoms. The minimum atomic E-state index is -6.12. The van der Waals surface area contributed by atoms with Crippen LogP contribution in [-0.2, 0) is 71.2 Å². The number of nitrogen functional groups attached to an aromatic ring is 3. The molecule has 0 aromatic carbocycles. The van der Waals surface area contributed by atoms with Gasteiger partial charge in [0.2, 0.25) is 17.7 Å². The minimum absolute atomic E-state index is 0.00820. The first kappa shape index (κ1) is 58.5. The Balaban J connectivity index is 0.867. The van der Waals surface area contributed by atoms with Gasteiger partial charge in [-0.1, -0.05) is 4.98 Å². The molecule has 6 aromatic heterocycles. The maximum Gasteiger partial charge on any atom is 0.490 e. The van der Waals surface area contributed by atoms with E-state index in [0.29, 0.717) is 0 Å². The van der Waals surface area contributed by atoms with E-state index in [4.69, 9.17) is 54.5 Å². The zero-order chi connectivity index (χ0) is 57.3. The number of anilines is 3. The van der Waals surface area contributed by atoms with E-state index >= 15 is 0 Å². The van der Waals surface area contributed by atoms with Crippen molar-refractivity contribution in [1.29, 1.82) is 0 Å². The Labute approximate surface area is 441 Å². The van der Waals surface area contributed by atoms with Gasteiger partial charge in [0.15, 0.2) is 41.4 Å². The molecule has 16 atom stereocenters. The van der Waals surface area contributed by atoms with Crippen molar-refractivity contribution in [2.75, 3.05) is 50.7 Å². The van der Waals surface area contributed by atoms with Crippen LogP contribution in [0.25, 0.3) is 33.5 Å². The van der Waals surface area contributed by atoms with Crippen molar-refractivity contribution in [1.82, 2.24) is 53.6 Å². The van der Waals surface area contributed by atoms with Gasteiger partial charge in [-0.2, -0.15) is 13.6 Å². The molecular weight excluding hydrogens is 1150 g/mol. The van der Waals surface area contributed by atoms with Crippen LogP contribution in [0.15, 0.2) is 34.9 Å². The number of H-pyrrole nitrogens is 2. The summed E-state index contributed by atoms with van der Waals surface area (Å²) in [5, 5.41) is 33.4. The van der Waals surface area contributed by atoms with Crippen molar-refractivity contribution in [3.8, 4) is 0 Å². The van der Waals surface area contributed by atoms with Gasteiger partial charge >= 0.3 is 36.7 Å². The van der Waals surface area contributed by atoms with Crippen molar-refractivity contribution in [2.24, 2.45) is 13.0 Å². The molecule has 9 rings (SSSR count). The third-order valence-corrected chi connectivity index (χ3v) is 19.0. The van der Waals surface area contributed by atoms with Crippen molar-refractivity contribution in [3.05, 3.63) is 46.0 Å². The van der Waals surface area contributed by atoms with E-state index in [0.717, 1.165) is 24.3 Å². The second-order valence-corrected chi connectivity index (χ2v) is 25.0. The van der Waals surface area contributed by atoms with Crippen LogP contribution in [0.1, 0.15) is 39.0 Å². The molecule has 0 radical (unpaired) electrons. The lowest BCUT2D eigenvalue weighted by Gasteiger charge is -2.28. The average molecular weight is 1200 g/mol. The van der Waals surface area contributed by atoms with E-state index in [1.54, 1.807) is 13.8 Å². The molecule has 434 valence electrons. The maximum absolute atomic E-state index is 14.5. The number of imidazole rings is 3. The number of phosphoric ester groups is 2. The first-order valence-corrected chi connectivity index (χ1v) is 29.5. The molecule has 3 aliphatic rings. The Hall–Kier alpha value is -5.11. The zero-order valence-electron chi connectivity index (χ0n) is 41.5. The molecule has 42 heteroatoms. The van der Waals surface area contributed by atoms with Gasteiger partial charge in [-0.3, -0.25) is 46.9 Å². The topological polar surface area (TPSA) is 542 Å². The van der Waals surface area contributed by atoms with Crippen LogP contribution in [0.2, 0.25) is 0 Å². The average Bonchev–Trinajstić information content (AvgIpc) is 4.28. The van der Waals surface area contributed by atoms with Gasteiger partial charge in [0.1, 0.15) is 48.0 Å². The fraction of sp³-hybridized carbons (Fsp3) is 0.595. The van der Waals surface area contributed by atoms with Gasteiger partial charge in [-0.05, 0) is 20.3 Å². The molecule has 6 aromatic rings. The molecule has 0 saturated carbocycles. The summed E-state index contributed by atoms with van der Waals surface area (Å²) in [4.78, 5) is 97.4. The van der Waals surface area contributed by atoms with Crippen LogP contribution in [-0.4, -0.2) is 176 Å². The Bertz CT molecular complexity index is 3560. The van der Waals surface area contributed by atoms with E-state index in [-0.39, 0.29) is 63.9 Å². The smallest absolute Gasteiger partial charge is 0.387 e. The number of aliphatic hydroxyl groups is 3. The quantitative estimate of drug-likeness (QED) is 0.0245. The van der Waals surface area contributed by atoms with Crippen LogP contribution >= 0.6 is 31.1 Å². The molecule has 0 bridgehead atoms. The van der Waals surface area contributed by atoms with Gasteiger partial charge < -0.3 is 80.3 Å². The number of aromatic nitrogens is 12. The molecule has 0 amide bonds. The van der Waals surface area contributed by atoms with Crippen LogP contribution in [0.5, 0.6) is 0 Å². The number of aromatic amines is 2. The molecule has 38 nitrogen and oxygen atoms in total. The highest BCUT2D eigenvalue weighted by Crippen LogP contribution is 2.68. The van der Waals surface area contributed by atoms with E-state index in [1.807, 2.05) is 0 Å². The molecule has 4 unspecified atom stereocenters. The van der Waals surface area contributed by atoms with Gasteiger partial charge in [0.05, 0.1) is 64.4 Å². The largest absolute Gasteiger partial charge is 0.490 e. The second kappa shape index (κ2) is 22.3. The predicted molar refractivity (Wildman–Crippen MR) is 261 cm³/mol. The first-order chi connectivity index (χ1) is 37.1. The Morgan fingerprint density at radius 2 is 1.37 bits per heavy atom. The number of hydrogen-bond donors (Lipinski definition) is 12. The molecule has 3 fully saturated rings. The highest BCUT2D eigenvalue weighted by atomic mass is 31.3. The summed E-state index contributed by atoms with van der Waals surface area (Å²) < 4.78 is 112. The summed E-state index contributed by atoms with van der Waals surface area (Å²) in [5.41, 5.74) is 14.2. The third-order valence-electron chi connectivity index (χ3n) is 12.8. The highest BCUT2D eigenvalue weighted by molar-refractivity contribution is 7.66. The Morgan fingerprint density at radius 3 is 2.06 bits per heavy atom. The third kappa shape index (κ3) is 12.0. The zero-order valence-corrected chi connectivity index (χ0v) is 45.1. The van der Waals surface area contributed by atoms with E-state index < -0.39 is 141 Å². The van der Waals surface area contributed by atoms with Crippen LogP contribution in [0.3, 0.4) is 0 Å². The number of phosphoric acid groups is 3. The molecule has 79 heavy (non-hydrogen) atoms. The normalized spacial score (nSPS) is 29.6. The summed E-state index contributed by atoms with van der Waals surface area (Å²) in [6.45, 7) is 0.312. The lowest BCUT2D eigenvalue weighted by Crippen LogP contribution is -2.45. The SMILES string of the molecule is CO[C@@H]1[C@H](P(=O)(O)OC[C@H]2O[C@@H](n3cnc4c(=O)[nH]c(N)nc43)[C@H](O)[C@@H]2O)[C@@H](CCOP(=O)(O)OP(=O)(O)OP(=O)(O)OC[C@H]2O[C@@H]([n+]3cn(C)c4c(=O)[nH]c(N)nc43)[C@H](O)[C@@H]2COC(C)C)O[C@H]1n1cnc2c(N)ncnc21. The number of nitrogens with one attached hydrogen (secondary N) is 2. The van der Waals surface area contributed by atoms with Crippen molar-refractivity contribution in [3.63, 3.8) is 0 Å². The number of hydrogen-bond acceptors (Lipinski definition) is 28. The van der Waals surface area contributed by atoms with Crippen molar-refractivity contribution < 1.29 is 104 Å². The van der Waals surface area contributed by atoms with Crippen LogP contribution in [0.4, 0.5) is 17.7 Å². The van der Waals surface area contributed by atoms with E-state index in [9.17, 15) is 62.7 Å². The number of fused-ring (bicyclic) bond motifs is 3. The number of aliphatic hydroxyl groups excluding tert-OH is 3. The standard InChI is InChI=1S/C37H53N15O23P4/c1-14(2)67-7-15-17(72-33(22(15)53)52-13-49(3)21-30(52)46-37(40)48-32(21)57)8-70-78(62,63)75-79(64,65)74-77(60,61)68-6-5-16-26(25(66-4)35(71-16)50-11-43-19-27(38)41-10-42-28(19)50)76(58,59)69-9-18-23(54)24(55)34(73-18)51-12-44-20-29(51)45-36(39)47-31(20)56/h10-18,22-26,33-35,53-55H,5-9H2,1-4H3,(H11-,38,39,40,41,42,45,46,47,48,56,57,58,59,60,61,62,63,64,65)/p+1/t15-,16-,17-,18-,22-,23-,24-,25-,26-,33-,34-,35-/m1/s1. The summed E-state index contributed by atoms with van der Waals surface area (Å²) in [7, 11) is -20.2. The van der Waals surface area contributed by atoms with Gasteiger partial charge in [0, 0.05) is 13.0 Å². The summed E-state index contributed by atoms with van der Waals surface area (Å²) in [5.74, 6) is -1.64. The number of nitrogens with two attached hydrogens (primary N) is 3. The van der Waals surface area contributed by atoms with Crippen LogP contribution in [0, 0.1) is 5.92 Å². The van der Waals surface area contributed by atoms with Gasteiger partial charge in [-0.25, -0.2) is 38.2 Å². The fourth-order valence-electron chi connectivity index (χ4n) is 9.30. The number of rotatable bonds is 22. The monoisotopic (exact) mass is 1200 g/mol. The summed E-state index contributed by atoms with van der Waals surface area (Å²) >= 11 is 0. The van der Waals surface area contributed by atoms with Crippen molar-refractivity contribution >= 4 is 82.3 Å². The predicted octanol–water partition coefficient (Wildman–Crippen LogP) is -2.57. The second-order valence-electron chi connectivity index (χ2n) is 18.4. The summed E-state index contributed by atoms with van der Waals surface area (Å²) in [6.07, 6.45) is -11.4. The van der Waals surface area contributed by atoms with E-state index in [2.05, 4.69) is 48.5 Å². The molecular formula is C37H54N15O23P4+. The highest BCUT2D eigenvalue weighted by Gasteiger charge is 2.57. The number of ether oxygens (including phenoxy) is 5. The first-order valence-electron chi connectivity index (χ1n) is 23.3. The van der Waals surface area contributed by atoms with Crippen molar-refractivity contribution in [2.45, 2.75) is 93.4 Å². The fourth-order valence-corrected chi connectivity index (χ4v) is 14.6. The Morgan fingerprint density at radius 1 is 0.734 bits per heavy atom. The number of nitrogens with zero attached hydrogens (tertiary/aromatic N) is 10. The van der Waals surface area contributed by atoms with Crippen LogP contribution < -0.4 is 32.9 Å². The summed E-state index contributed by atoms with van der Waals surface area (Å²) in [6, 6.07) is 0. The van der Waals surface area contributed by atoms with Gasteiger partial charge in [0.25, 0.3) is 17.1 Å². The molecule has 3 aliphatic heterocycles. The molecule has 9 heterocycles. The molecule has 0 aliphatic carbocycles. The lowest BCUT2D eigenvalue weighted by molar-refractivity contribution is -0.745. The van der Waals surface area contributed by atoms with E-state index in [1.165, 1.54) is 33.4 Å². The molecule has 15 N–H and O–H groups in total. The van der Waals surface area contributed by atoms with Gasteiger partial charge in [-0.15, -0.1) is 0 Å².